The lowest BCUT2D eigenvalue weighted by Crippen LogP contribution is -2.33. The molecule has 21 heavy (non-hydrogen) atoms. The van der Waals surface area contributed by atoms with Crippen LogP contribution in [0.1, 0.15) is 24.3 Å². The normalized spacial score (nSPS) is 17.9. The largest absolute Gasteiger partial charge is 0.419 e. The van der Waals surface area contributed by atoms with Gasteiger partial charge in [-0.05, 0) is 31.9 Å². The molecule has 1 unspecified atom stereocenters. The molecule has 0 aliphatic carbocycles. The average molecular weight is 287 g/mol. The zero-order valence-electron chi connectivity index (χ0n) is 11.8. The molecule has 1 aliphatic rings. The standard InChI is InChI=1S/C15H17N3O3/c1-10-4-2-5-11(8-10)15-18-17-13(21-15)9-16-14(19)12-6-3-7-20-12/h2,4-5,8,12H,3,6-7,9H2,1H3,(H,16,19). The number of ether oxygens (including phenoxy) is 1. The van der Waals surface area contributed by atoms with Crippen LogP contribution in [0.4, 0.5) is 0 Å². The molecule has 1 aromatic heterocycles. The second-order valence-electron chi connectivity index (χ2n) is 5.09. The maximum Gasteiger partial charge on any atom is 0.249 e. The first kappa shape index (κ1) is 13.8. The highest BCUT2D eigenvalue weighted by Crippen LogP contribution is 2.19. The minimum Gasteiger partial charge on any atom is -0.419 e. The Morgan fingerprint density at radius 3 is 3.10 bits per heavy atom. The van der Waals surface area contributed by atoms with Gasteiger partial charge in [0.1, 0.15) is 6.10 Å². The smallest absolute Gasteiger partial charge is 0.249 e. The van der Waals surface area contributed by atoms with Crippen molar-refractivity contribution in [2.75, 3.05) is 6.61 Å². The number of aryl methyl sites for hydroxylation is 1. The van der Waals surface area contributed by atoms with E-state index in [-0.39, 0.29) is 18.6 Å². The Morgan fingerprint density at radius 1 is 1.43 bits per heavy atom. The molecule has 1 saturated heterocycles. The summed E-state index contributed by atoms with van der Waals surface area (Å²) < 4.78 is 10.9. The van der Waals surface area contributed by atoms with E-state index in [0.29, 0.717) is 18.4 Å². The summed E-state index contributed by atoms with van der Waals surface area (Å²) in [7, 11) is 0. The molecule has 110 valence electrons. The van der Waals surface area contributed by atoms with Gasteiger partial charge in [-0.1, -0.05) is 17.7 Å². The van der Waals surface area contributed by atoms with Crippen molar-refractivity contribution in [3.8, 4) is 11.5 Å². The van der Waals surface area contributed by atoms with E-state index >= 15 is 0 Å². The molecule has 1 aliphatic heterocycles. The summed E-state index contributed by atoms with van der Waals surface area (Å²) in [6, 6.07) is 7.83. The van der Waals surface area contributed by atoms with E-state index in [4.69, 9.17) is 9.15 Å². The first-order valence-electron chi connectivity index (χ1n) is 7.01. The van der Waals surface area contributed by atoms with Crippen molar-refractivity contribution in [2.24, 2.45) is 0 Å². The molecule has 1 N–H and O–H groups in total. The van der Waals surface area contributed by atoms with Crippen molar-refractivity contribution in [3.05, 3.63) is 35.7 Å². The Morgan fingerprint density at radius 2 is 2.33 bits per heavy atom. The van der Waals surface area contributed by atoms with Crippen LogP contribution in [0, 0.1) is 6.92 Å². The van der Waals surface area contributed by atoms with Crippen LogP contribution in [0.25, 0.3) is 11.5 Å². The van der Waals surface area contributed by atoms with E-state index in [1.54, 1.807) is 0 Å². The third kappa shape index (κ3) is 3.28. The fraction of sp³-hybridized carbons (Fsp3) is 0.400. The van der Waals surface area contributed by atoms with Crippen LogP contribution < -0.4 is 5.32 Å². The summed E-state index contributed by atoms with van der Waals surface area (Å²) in [5, 5.41) is 10.7. The highest BCUT2D eigenvalue weighted by atomic mass is 16.5. The third-order valence-corrected chi connectivity index (χ3v) is 3.37. The van der Waals surface area contributed by atoms with Crippen molar-refractivity contribution in [1.29, 1.82) is 0 Å². The van der Waals surface area contributed by atoms with E-state index in [1.165, 1.54) is 0 Å². The number of benzene rings is 1. The van der Waals surface area contributed by atoms with Gasteiger partial charge < -0.3 is 14.5 Å². The summed E-state index contributed by atoms with van der Waals surface area (Å²) >= 11 is 0. The maximum absolute atomic E-state index is 11.8. The summed E-state index contributed by atoms with van der Waals surface area (Å²) in [4.78, 5) is 11.8. The van der Waals surface area contributed by atoms with Crippen molar-refractivity contribution in [2.45, 2.75) is 32.4 Å². The van der Waals surface area contributed by atoms with Crippen molar-refractivity contribution < 1.29 is 13.9 Å². The summed E-state index contributed by atoms with van der Waals surface area (Å²) in [6.45, 7) is 2.87. The molecule has 6 nitrogen and oxygen atoms in total. The molecule has 1 amide bonds. The molecule has 2 heterocycles. The van der Waals surface area contributed by atoms with Crippen LogP contribution in [0.15, 0.2) is 28.7 Å². The molecule has 6 heteroatoms. The molecule has 0 saturated carbocycles. The summed E-state index contributed by atoms with van der Waals surface area (Å²) in [5.41, 5.74) is 2.00. The molecule has 0 radical (unpaired) electrons. The lowest BCUT2D eigenvalue weighted by molar-refractivity contribution is -0.130. The second-order valence-corrected chi connectivity index (χ2v) is 5.09. The number of aromatic nitrogens is 2. The van der Waals surface area contributed by atoms with Gasteiger partial charge in [0.15, 0.2) is 0 Å². The number of hydrogen-bond acceptors (Lipinski definition) is 5. The minimum atomic E-state index is -0.343. The van der Waals surface area contributed by atoms with Gasteiger partial charge >= 0.3 is 0 Å². The predicted octanol–water partition coefficient (Wildman–Crippen LogP) is 1.84. The third-order valence-electron chi connectivity index (χ3n) is 3.37. The lowest BCUT2D eigenvalue weighted by Gasteiger charge is -2.08. The van der Waals surface area contributed by atoms with Gasteiger partial charge in [-0.25, -0.2) is 0 Å². The zero-order valence-corrected chi connectivity index (χ0v) is 11.8. The molecular weight excluding hydrogens is 270 g/mol. The van der Waals surface area contributed by atoms with Crippen LogP contribution in [0.2, 0.25) is 0 Å². The predicted molar refractivity (Wildman–Crippen MR) is 75.3 cm³/mol. The Bertz CT molecular complexity index is 633. The van der Waals surface area contributed by atoms with Gasteiger partial charge in [-0.2, -0.15) is 0 Å². The summed E-state index contributed by atoms with van der Waals surface area (Å²) in [5.74, 6) is 0.723. The number of nitrogens with one attached hydrogen (secondary N) is 1. The minimum absolute atomic E-state index is 0.122. The monoisotopic (exact) mass is 287 g/mol. The van der Waals surface area contributed by atoms with Crippen molar-refractivity contribution in [1.82, 2.24) is 15.5 Å². The Hall–Kier alpha value is -2.21. The fourth-order valence-electron chi connectivity index (χ4n) is 2.28. The van der Waals surface area contributed by atoms with Gasteiger partial charge in [0.05, 0.1) is 6.54 Å². The SMILES string of the molecule is Cc1cccc(-c2nnc(CNC(=O)C3CCCO3)o2)c1. The van der Waals surface area contributed by atoms with E-state index in [1.807, 2.05) is 31.2 Å². The average Bonchev–Trinajstić information content (AvgIpc) is 3.16. The maximum atomic E-state index is 11.8. The van der Waals surface area contributed by atoms with Gasteiger partial charge in [0, 0.05) is 12.2 Å². The van der Waals surface area contributed by atoms with E-state index in [2.05, 4.69) is 15.5 Å². The van der Waals surface area contributed by atoms with E-state index in [9.17, 15) is 4.79 Å². The molecule has 0 bridgehead atoms. The molecule has 3 rings (SSSR count). The lowest BCUT2D eigenvalue weighted by atomic mass is 10.1. The molecule has 2 aromatic rings. The van der Waals surface area contributed by atoms with Crippen LogP contribution in [-0.4, -0.2) is 28.8 Å². The van der Waals surface area contributed by atoms with Crippen molar-refractivity contribution >= 4 is 5.91 Å². The van der Waals surface area contributed by atoms with Gasteiger partial charge in [-0.15, -0.1) is 10.2 Å². The molecular formula is C15H17N3O3. The Labute approximate surface area is 122 Å². The quantitative estimate of drug-likeness (QED) is 0.928. The second kappa shape index (κ2) is 6.05. The van der Waals surface area contributed by atoms with E-state index in [0.717, 1.165) is 24.0 Å². The number of nitrogens with zero attached hydrogens (tertiary/aromatic N) is 2. The number of carbonyl (C=O) groups is 1. The highest BCUT2D eigenvalue weighted by molar-refractivity contribution is 5.80. The fourth-order valence-corrected chi connectivity index (χ4v) is 2.28. The first-order valence-corrected chi connectivity index (χ1v) is 7.01. The molecule has 1 aromatic carbocycles. The van der Waals surface area contributed by atoms with Crippen molar-refractivity contribution in [3.63, 3.8) is 0 Å². The molecule has 1 fully saturated rings. The summed E-state index contributed by atoms with van der Waals surface area (Å²) in [6.07, 6.45) is 1.35. The van der Waals surface area contributed by atoms with Crippen LogP contribution in [-0.2, 0) is 16.1 Å². The van der Waals surface area contributed by atoms with Crippen LogP contribution in [0.5, 0.6) is 0 Å². The first-order chi connectivity index (χ1) is 10.2. The zero-order chi connectivity index (χ0) is 14.7. The molecule has 0 spiro atoms. The van der Waals surface area contributed by atoms with Gasteiger partial charge in [-0.3, -0.25) is 4.79 Å². The Kier molecular flexibility index (Phi) is 3.96. The highest BCUT2D eigenvalue weighted by Gasteiger charge is 2.23. The number of carbonyl (C=O) groups excluding carboxylic acids is 1. The van der Waals surface area contributed by atoms with Gasteiger partial charge in [0.25, 0.3) is 0 Å². The van der Waals surface area contributed by atoms with E-state index < -0.39 is 0 Å². The number of hydrogen-bond donors (Lipinski definition) is 1. The van der Waals surface area contributed by atoms with Gasteiger partial charge in [0.2, 0.25) is 17.7 Å². The number of rotatable bonds is 4. The molecule has 1 atom stereocenters. The van der Waals surface area contributed by atoms with Crippen LogP contribution >= 0.6 is 0 Å². The topological polar surface area (TPSA) is 77.2 Å². The number of amides is 1. The Balaban J connectivity index is 1.61. The van der Waals surface area contributed by atoms with Crippen LogP contribution in [0.3, 0.4) is 0 Å².